The van der Waals surface area contributed by atoms with E-state index in [0.29, 0.717) is 0 Å². The SMILES string of the molecule is OCC1CCCCC1Nc1ccnc(F)c1. The van der Waals surface area contributed by atoms with Gasteiger partial charge in [-0.2, -0.15) is 4.39 Å². The third-order valence-electron chi connectivity index (χ3n) is 3.22. The van der Waals surface area contributed by atoms with Crippen molar-refractivity contribution in [1.82, 2.24) is 4.98 Å². The summed E-state index contributed by atoms with van der Waals surface area (Å²) >= 11 is 0. The van der Waals surface area contributed by atoms with Crippen LogP contribution in [0.2, 0.25) is 0 Å². The summed E-state index contributed by atoms with van der Waals surface area (Å²) in [7, 11) is 0. The van der Waals surface area contributed by atoms with Gasteiger partial charge in [0, 0.05) is 36.5 Å². The van der Waals surface area contributed by atoms with E-state index >= 15 is 0 Å². The van der Waals surface area contributed by atoms with Gasteiger partial charge in [0.05, 0.1) is 0 Å². The zero-order valence-corrected chi connectivity index (χ0v) is 9.19. The number of hydrogen-bond donors (Lipinski definition) is 2. The highest BCUT2D eigenvalue weighted by molar-refractivity contribution is 5.42. The molecule has 0 aliphatic heterocycles. The maximum Gasteiger partial charge on any atom is 0.214 e. The van der Waals surface area contributed by atoms with Gasteiger partial charge in [-0.25, -0.2) is 4.98 Å². The Labute approximate surface area is 94.7 Å². The molecule has 1 heterocycles. The molecule has 0 spiro atoms. The van der Waals surface area contributed by atoms with E-state index in [-0.39, 0.29) is 18.6 Å². The van der Waals surface area contributed by atoms with Crippen molar-refractivity contribution in [2.45, 2.75) is 31.7 Å². The summed E-state index contributed by atoms with van der Waals surface area (Å²) in [5.41, 5.74) is 0.748. The number of rotatable bonds is 3. The molecule has 88 valence electrons. The van der Waals surface area contributed by atoms with Crippen molar-refractivity contribution >= 4 is 5.69 Å². The predicted molar refractivity (Wildman–Crippen MR) is 60.6 cm³/mol. The number of anilines is 1. The fourth-order valence-corrected chi connectivity index (χ4v) is 2.32. The topological polar surface area (TPSA) is 45.1 Å². The van der Waals surface area contributed by atoms with E-state index in [4.69, 9.17) is 0 Å². The normalized spacial score (nSPS) is 25.4. The second-order valence-electron chi connectivity index (χ2n) is 4.35. The Balaban J connectivity index is 2.02. The first-order chi connectivity index (χ1) is 7.79. The smallest absolute Gasteiger partial charge is 0.214 e. The second kappa shape index (κ2) is 5.25. The molecule has 2 unspecified atom stereocenters. The Morgan fingerprint density at radius 3 is 3.00 bits per heavy atom. The van der Waals surface area contributed by atoms with E-state index in [1.54, 1.807) is 6.07 Å². The van der Waals surface area contributed by atoms with E-state index in [1.807, 2.05) is 0 Å². The van der Waals surface area contributed by atoms with Crippen LogP contribution in [0.1, 0.15) is 25.7 Å². The average Bonchev–Trinajstić information content (AvgIpc) is 2.30. The summed E-state index contributed by atoms with van der Waals surface area (Å²) in [5.74, 6) is -0.189. The third kappa shape index (κ3) is 2.70. The lowest BCUT2D eigenvalue weighted by molar-refractivity contribution is 0.178. The van der Waals surface area contributed by atoms with E-state index in [9.17, 15) is 9.50 Å². The Morgan fingerprint density at radius 2 is 2.25 bits per heavy atom. The molecule has 1 fully saturated rings. The number of hydrogen-bond acceptors (Lipinski definition) is 3. The zero-order valence-electron chi connectivity index (χ0n) is 9.19. The van der Waals surface area contributed by atoms with Gasteiger partial charge in [-0.1, -0.05) is 12.8 Å². The number of nitrogens with one attached hydrogen (secondary N) is 1. The van der Waals surface area contributed by atoms with Gasteiger partial charge in [0.15, 0.2) is 0 Å². The van der Waals surface area contributed by atoms with Crippen LogP contribution in [0.5, 0.6) is 0 Å². The molecule has 0 bridgehead atoms. The van der Waals surface area contributed by atoms with E-state index in [2.05, 4.69) is 10.3 Å². The lowest BCUT2D eigenvalue weighted by Crippen LogP contribution is -2.34. The first-order valence-electron chi connectivity index (χ1n) is 5.78. The van der Waals surface area contributed by atoms with Crippen LogP contribution in [0.25, 0.3) is 0 Å². The van der Waals surface area contributed by atoms with Crippen molar-refractivity contribution in [2.24, 2.45) is 5.92 Å². The Kier molecular flexibility index (Phi) is 3.72. The number of pyridine rings is 1. The molecule has 1 aromatic heterocycles. The Morgan fingerprint density at radius 1 is 1.44 bits per heavy atom. The summed E-state index contributed by atoms with van der Waals surface area (Å²) in [6, 6.07) is 3.40. The van der Waals surface area contributed by atoms with Crippen molar-refractivity contribution < 1.29 is 9.50 Å². The van der Waals surface area contributed by atoms with Crippen molar-refractivity contribution in [1.29, 1.82) is 0 Å². The molecule has 1 saturated carbocycles. The van der Waals surface area contributed by atoms with Crippen LogP contribution < -0.4 is 5.32 Å². The van der Waals surface area contributed by atoms with E-state index in [1.165, 1.54) is 25.1 Å². The van der Waals surface area contributed by atoms with Gasteiger partial charge in [-0.05, 0) is 18.9 Å². The van der Waals surface area contributed by atoms with Crippen molar-refractivity contribution in [3.63, 3.8) is 0 Å². The first kappa shape index (κ1) is 11.3. The summed E-state index contributed by atoms with van der Waals surface area (Å²) in [6.07, 6.45) is 5.88. The molecule has 16 heavy (non-hydrogen) atoms. The molecule has 3 nitrogen and oxygen atoms in total. The van der Waals surface area contributed by atoms with Crippen molar-refractivity contribution in [3.05, 3.63) is 24.3 Å². The molecule has 1 aliphatic carbocycles. The van der Waals surface area contributed by atoms with Crippen LogP contribution in [0.4, 0.5) is 10.1 Å². The maximum atomic E-state index is 12.9. The second-order valence-corrected chi connectivity index (χ2v) is 4.35. The van der Waals surface area contributed by atoms with Gasteiger partial charge in [-0.15, -0.1) is 0 Å². The number of halogens is 1. The fraction of sp³-hybridized carbons (Fsp3) is 0.583. The Hall–Kier alpha value is -1.16. The zero-order chi connectivity index (χ0) is 11.4. The molecular weight excluding hydrogens is 207 g/mol. The number of aromatic nitrogens is 1. The largest absolute Gasteiger partial charge is 0.396 e. The molecule has 1 aromatic rings. The van der Waals surface area contributed by atoms with Crippen LogP contribution in [0.3, 0.4) is 0 Å². The van der Waals surface area contributed by atoms with Crippen LogP contribution >= 0.6 is 0 Å². The molecule has 2 atom stereocenters. The minimum absolute atomic E-state index is 0.200. The maximum absolute atomic E-state index is 12.9. The standard InChI is InChI=1S/C12H17FN2O/c13-12-7-10(5-6-14-12)15-11-4-2-1-3-9(11)8-16/h5-7,9,11,16H,1-4,8H2,(H,14,15). The highest BCUT2D eigenvalue weighted by atomic mass is 19.1. The molecule has 0 radical (unpaired) electrons. The third-order valence-corrected chi connectivity index (χ3v) is 3.22. The summed E-state index contributed by atoms with van der Waals surface area (Å²) in [6.45, 7) is 0.200. The van der Waals surface area contributed by atoms with Crippen molar-refractivity contribution in [3.8, 4) is 0 Å². The fourth-order valence-electron chi connectivity index (χ4n) is 2.32. The predicted octanol–water partition coefficient (Wildman–Crippen LogP) is 2.18. The molecular formula is C12H17FN2O. The highest BCUT2D eigenvalue weighted by Crippen LogP contribution is 2.26. The number of nitrogens with zero attached hydrogens (tertiary/aromatic N) is 1. The lowest BCUT2D eigenvalue weighted by Gasteiger charge is -2.31. The van der Waals surface area contributed by atoms with Crippen LogP contribution in [-0.2, 0) is 0 Å². The molecule has 0 saturated heterocycles. The van der Waals surface area contributed by atoms with E-state index < -0.39 is 5.95 Å². The van der Waals surface area contributed by atoms with Gasteiger partial charge in [-0.3, -0.25) is 0 Å². The average molecular weight is 224 g/mol. The monoisotopic (exact) mass is 224 g/mol. The highest BCUT2D eigenvalue weighted by Gasteiger charge is 2.24. The number of aliphatic hydroxyl groups excluding tert-OH is 1. The van der Waals surface area contributed by atoms with Crippen LogP contribution in [0, 0.1) is 11.9 Å². The summed E-state index contributed by atoms with van der Waals surface area (Å²) in [5, 5.41) is 12.6. The molecule has 2 N–H and O–H groups in total. The molecule has 4 heteroatoms. The molecule has 2 rings (SSSR count). The minimum Gasteiger partial charge on any atom is -0.396 e. The summed E-state index contributed by atoms with van der Waals surface area (Å²) in [4.78, 5) is 3.52. The van der Waals surface area contributed by atoms with Gasteiger partial charge < -0.3 is 10.4 Å². The first-order valence-corrected chi connectivity index (χ1v) is 5.78. The van der Waals surface area contributed by atoms with Crippen LogP contribution in [0.15, 0.2) is 18.3 Å². The van der Waals surface area contributed by atoms with E-state index in [0.717, 1.165) is 18.5 Å². The molecule has 0 amide bonds. The molecule has 1 aliphatic rings. The lowest BCUT2D eigenvalue weighted by atomic mass is 9.85. The van der Waals surface area contributed by atoms with Gasteiger partial charge >= 0.3 is 0 Å². The quantitative estimate of drug-likeness (QED) is 0.773. The minimum atomic E-state index is -0.471. The number of aliphatic hydroxyl groups is 1. The summed E-state index contributed by atoms with van der Waals surface area (Å²) < 4.78 is 12.9. The van der Waals surface area contributed by atoms with Gasteiger partial charge in [0.2, 0.25) is 5.95 Å². The van der Waals surface area contributed by atoms with Gasteiger partial charge in [0.25, 0.3) is 0 Å². The van der Waals surface area contributed by atoms with Crippen LogP contribution in [-0.4, -0.2) is 22.7 Å². The Bertz CT molecular complexity index is 346. The molecule has 0 aromatic carbocycles. The van der Waals surface area contributed by atoms with Gasteiger partial charge in [0.1, 0.15) is 0 Å². The van der Waals surface area contributed by atoms with Crippen molar-refractivity contribution in [2.75, 3.05) is 11.9 Å².